The van der Waals surface area contributed by atoms with E-state index in [1.807, 2.05) is 27.8 Å². The van der Waals surface area contributed by atoms with Gasteiger partial charge in [0.05, 0.1) is 12.1 Å². The van der Waals surface area contributed by atoms with Gasteiger partial charge in [0, 0.05) is 37.7 Å². The standard InChI is InChI=1S/C24H32N4O4/c1-23(2,3)12-15(29)13-28(6)22-17-7-8-19(30)20(17)26-21(27-22)18-11-16(9-10-25-18)32-14-24(4,5)31/h9-11,31H,7-8,12-14H2,1-6H3. The van der Waals surface area contributed by atoms with Crippen LogP contribution in [0, 0.1) is 5.41 Å². The van der Waals surface area contributed by atoms with Crippen molar-refractivity contribution in [2.75, 3.05) is 25.1 Å². The lowest BCUT2D eigenvalue weighted by Gasteiger charge is -2.23. The lowest BCUT2D eigenvalue weighted by molar-refractivity contribution is -0.119. The van der Waals surface area contributed by atoms with Gasteiger partial charge in [0.1, 0.15) is 29.6 Å². The Balaban J connectivity index is 1.93. The fourth-order valence-electron chi connectivity index (χ4n) is 3.59. The van der Waals surface area contributed by atoms with E-state index in [9.17, 15) is 14.7 Å². The van der Waals surface area contributed by atoms with Crippen LogP contribution < -0.4 is 9.64 Å². The summed E-state index contributed by atoms with van der Waals surface area (Å²) in [6, 6.07) is 3.37. The molecule has 0 bridgehead atoms. The summed E-state index contributed by atoms with van der Waals surface area (Å²) in [4.78, 5) is 40.4. The molecule has 172 valence electrons. The molecule has 0 saturated carbocycles. The zero-order valence-corrected chi connectivity index (χ0v) is 19.7. The lowest BCUT2D eigenvalue weighted by Crippen LogP contribution is -2.30. The molecular formula is C24H32N4O4. The van der Waals surface area contributed by atoms with Crippen LogP contribution in [0.3, 0.4) is 0 Å². The van der Waals surface area contributed by atoms with Crippen LogP contribution in [0.15, 0.2) is 18.3 Å². The van der Waals surface area contributed by atoms with E-state index >= 15 is 0 Å². The number of anilines is 1. The molecule has 0 saturated heterocycles. The summed E-state index contributed by atoms with van der Waals surface area (Å²) < 4.78 is 5.66. The van der Waals surface area contributed by atoms with Gasteiger partial charge in [0.25, 0.3) is 0 Å². The number of rotatable bonds is 8. The largest absolute Gasteiger partial charge is 0.490 e. The molecule has 0 spiro atoms. The van der Waals surface area contributed by atoms with Crippen molar-refractivity contribution in [1.82, 2.24) is 15.0 Å². The molecule has 32 heavy (non-hydrogen) atoms. The fourth-order valence-corrected chi connectivity index (χ4v) is 3.59. The second-order valence-corrected chi connectivity index (χ2v) is 10.2. The van der Waals surface area contributed by atoms with Crippen LogP contribution in [-0.4, -0.2) is 57.4 Å². The maximum absolute atomic E-state index is 12.6. The van der Waals surface area contributed by atoms with Crippen molar-refractivity contribution in [3.05, 3.63) is 29.6 Å². The highest BCUT2D eigenvalue weighted by Gasteiger charge is 2.29. The van der Waals surface area contributed by atoms with Crippen molar-refractivity contribution in [3.63, 3.8) is 0 Å². The molecule has 0 aromatic carbocycles. The number of carbonyl (C=O) groups excluding carboxylic acids is 2. The Morgan fingerprint density at radius 3 is 2.56 bits per heavy atom. The average molecular weight is 441 g/mol. The van der Waals surface area contributed by atoms with Gasteiger partial charge >= 0.3 is 0 Å². The SMILES string of the molecule is CN(CC(=O)CC(C)(C)C)c1nc(-c2cc(OCC(C)(C)O)ccn2)nc2c1CCC2=O. The number of aliphatic hydroxyl groups is 1. The number of aromatic nitrogens is 3. The Morgan fingerprint density at radius 2 is 1.91 bits per heavy atom. The first-order valence-electron chi connectivity index (χ1n) is 10.8. The highest BCUT2D eigenvalue weighted by Crippen LogP contribution is 2.31. The summed E-state index contributed by atoms with van der Waals surface area (Å²) >= 11 is 0. The second-order valence-electron chi connectivity index (χ2n) is 10.2. The number of pyridine rings is 1. The van der Waals surface area contributed by atoms with Gasteiger partial charge in [-0.05, 0) is 31.7 Å². The highest BCUT2D eigenvalue weighted by atomic mass is 16.5. The first-order valence-corrected chi connectivity index (χ1v) is 10.8. The molecule has 8 nitrogen and oxygen atoms in total. The minimum Gasteiger partial charge on any atom is -0.490 e. The molecule has 0 amide bonds. The van der Waals surface area contributed by atoms with Gasteiger partial charge < -0.3 is 14.7 Å². The smallest absolute Gasteiger partial charge is 0.182 e. The van der Waals surface area contributed by atoms with E-state index in [-0.39, 0.29) is 30.1 Å². The minimum absolute atomic E-state index is 0.0336. The number of carbonyl (C=O) groups is 2. The van der Waals surface area contributed by atoms with Crippen molar-refractivity contribution in [2.24, 2.45) is 5.41 Å². The molecule has 0 radical (unpaired) electrons. The van der Waals surface area contributed by atoms with Crippen LogP contribution in [-0.2, 0) is 11.2 Å². The van der Waals surface area contributed by atoms with Crippen LogP contribution >= 0.6 is 0 Å². The topological polar surface area (TPSA) is 106 Å². The zero-order valence-electron chi connectivity index (χ0n) is 19.7. The van der Waals surface area contributed by atoms with E-state index in [0.29, 0.717) is 48.0 Å². The van der Waals surface area contributed by atoms with Crippen molar-refractivity contribution >= 4 is 17.4 Å². The average Bonchev–Trinajstić information content (AvgIpc) is 3.05. The van der Waals surface area contributed by atoms with E-state index in [2.05, 4.69) is 9.97 Å². The molecule has 2 aromatic heterocycles. The van der Waals surface area contributed by atoms with Gasteiger partial charge in [0.2, 0.25) is 0 Å². The number of Topliss-reactive ketones (excluding diaryl/α,β-unsaturated/α-hetero) is 2. The number of fused-ring (bicyclic) bond motifs is 1. The Bertz CT molecular complexity index is 1020. The summed E-state index contributed by atoms with van der Waals surface area (Å²) in [5, 5.41) is 9.90. The van der Waals surface area contributed by atoms with Crippen LogP contribution in [0.5, 0.6) is 5.75 Å². The van der Waals surface area contributed by atoms with Crippen molar-refractivity contribution < 1.29 is 19.4 Å². The molecule has 0 aliphatic heterocycles. The molecular weight excluding hydrogens is 408 g/mol. The van der Waals surface area contributed by atoms with Crippen LogP contribution in [0.4, 0.5) is 5.82 Å². The first-order chi connectivity index (χ1) is 14.8. The number of ketones is 2. The molecule has 2 heterocycles. The monoisotopic (exact) mass is 440 g/mol. The van der Waals surface area contributed by atoms with Gasteiger partial charge in [0.15, 0.2) is 17.4 Å². The van der Waals surface area contributed by atoms with E-state index in [4.69, 9.17) is 9.72 Å². The first kappa shape index (κ1) is 23.8. The molecule has 8 heteroatoms. The predicted molar refractivity (Wildman–Crippen MR) is 122 cm³/mol. The highest BCUT2D eigenvalue weighted by molar-refractivity contribution is 6.00. The van der Waals surface area contributed by atoms with Gasteiger partial charge in [-0.25, -0.2) is 9.97 Å². The lowest BCUT2D eigenvalue weighted by atomic mass is 9.90. The van der Waals surface area contributed by atoms with Crippen LogP contribution in [0.25, 0.3) is 11.5 Å². The number of hydrogen-bond donors (Lipinski definition) is 1. The number of ether oxygens (including phenoxy) is 1. The third-order valence-corrected chi connectivity index (χ3v) is 4.91. The molecule has 0 atom stereocenters. The van der Waals surface area contributed by atoms with Gasteiger partial charge in [-0.15, -0.1) is 0 Å². The predicted octanol–water partition coefficient (Wildman–Crippen LogP) is 3.26. The molecule has 1 N–H and O–H groups in total. The summed E-state index contributed by atoms with van der Waals surface area (Å²) in [6.07, 6.45) is 2.97. The Hall–Kier alpha value is -2.87. The summed E-state index contributed by atoms with van der Waals surface area (Å²) in [6.45, 7) is 9.73. The normalized spacial score (nSPS) is 13.8. The maximum atomic E-state index is 12.6. The third kappa shape index (κ3) is 6.09. The molecule has 1 aliphatic rings. The Morgan fingerprint density at radius 1 is 1.19 bits per heavy atom. The third-order valence-electron chi connectivity index (χ3n) is 4.91. The van der Waals surface area contributed by atoms with Gasteiger partial charge in [-0.3, -0.25) is 14.6 Å². The van der Waals surface area contributed by atoms with Crippen LogP contribution in [0.1, 0.15) is 63.5 Å². The Labute approximate surface area is 189 Å². The quantitative estimate of drug-likeness (QED) is 0.667. The molecule has 1 aliphatic carbocycles. The summed E-state index contributed by atoms with van der Waals surface area (Å²) in [5.41, 5.74) is 0.552. The summed E-state index contributed by atoms with van der Waals surface area (Å²) in [7, 11) is 1.81. The Kier molecular flexibility index (Phi) is 6.64. The maximum Gasteiger partial charge on any atom is 0.182 e. The van der Waals surface area contributed by atoms with E-state index in [1.165, 1.54) is 0 Å². The van der Waals surface area contributed by atoms with E-state index in [1.54, 1.807) is 37.1 Å². The summed E-state index contributed by atoms with van der Waals surface area (Å²) in [5.74, 6) is 1.48. The van der Waals surface area contributed by atoms with Crippen LogP contribution in [0.2, 0.25) is 0 Å². The van der Waals surface area contributed by atoms with Gasteiger partial charge in [-0.2, -0.15) is 0 Å². The van der Waals surface area contributed by atoms with Crippen molar-refractivity contribution in [2.45, 2.75) is 59.5 Å². The molecule has 0 unspecified atom stereocenters. The number of hydrogen-bond acceptors (Lipinski definition) is 8. The number of likely N-dealkylation sites (N-methyl/N-ethyl adjacent to an activating group) is 1. The zero-order chi connectivity index (χ0) is 23.7. The van der Waals surface area contributed by atoms with Crippen molar-refractivity contribution in [1.29, 1.82) is 0 Å². The molecule has 0 fully saturated rings. The molecule has 2 aromatic rings. The number of nitrogens with zero attached hydrogens (tertiary/aromatic N) is 4. The minimum atomic E-state index is -0.977. The van der Waals surface area contributed by atoms with E-state index in [0.717, 1.165) is 5.56 Å². The van der Waals surface area contributed by atoms with Crippen molar-refractivity contribution in [3.8, 4) is 17.3 Å². The fraction of sp³-hybridized carbons (Fsp3) is 0.542. The van der Waals surface area contributed by atoms with Gasteiger partial charge in [-0.1, -0.05) is 20.8 Å². The van der Waals surface area contributed by atoms with E-state index < -0.39 is 5.60 Å². The second kappa shape index (κ2) is 8.94. The molecule has 3 rings (SSSR count).